The fourth-order valence-corrected chi connectivity index (χ4v) is 1.38. The van der Waals surface area contributed by atoms with Crippen LogP contribution in [0, 0.1) is 0 Å². The number of benzene rings is 1. The molecule has 1 aromatic carbocycles. The number of para-hydroxylation sites is 1. The Balaban J connectivity index is 2.50. The van der Waals surface area contributed by atoms with Crippen LogP contribution >= 0.6 is 8.03 Å². The zero-order chi connectivity index (χ0) is 9.68. The highest BCUT2D eigenvalue weighted by Crippen LogP contribution is 2.25. The molecule has 1 atom stereocenters. The van der Waals surface area contributed by atoms with Gasteiger partial charge in [-0.25, -0.2) is 4.79 Å². The molecule has 0 aliphatic rings. The SMILES string of the molecule is O=C(O)C[P+](=O)Oc1ccccc1. The van der Waals surface area contributed by atoms with E-state index < -0.39 is 20.2 Å². The number of carbonyl (C=O) groups is 1. The van der Waals surface area contributed by atoms with Crippen molar-refractivity contribution in [2.24, 2.45) is 0 Å². The number of hydrogen-bond acceptors (Lipinski definition) is 3. The van der Waals surface area contributed by atoms with Crippen molar-refractivity contribution in [3.05, 3.63) is 30.3 Å². The molecular weight excluding hydrogens is 191 g/mol. The third-order valence-electron chi connectivity index (χ3n) is 1.21. The average Bonchev–Trinajstić information content (AvgIpc) is 2.04. The highest BCUT2D eigenvalue weighted by Gasteiger charge is 2.23. The first-order valence-corrected chi connectivity index (χ1v) is 4.94. The van der Waals surface area contributed by atoms with E-state index in [1.54, 1.807) is 30.3 Å². The topological polar surface area (TPSA) is 63.6 Å². The van der Waals surface area contributed by atoms with Gasteiger partial charge in [-0.05, 0) is 16.7 Å². The van der Waals surface area contributed by atoms with E-state index in [0.717, 1.165) is 0 Å². The summed E-state index contributed by atoms with van der Waals surface area (Å²) in [6.45, 7) is 0. The van der Waals surface area contributed by atoms with Gasteiger partial charge in [0.25, 0.3) is 6.16 Å². The van der Waals surface area contributed by atoms with Crippen LogP contribution in [-0.4, -0.2) is 17.2 Å². The van der Waals surface area contributed by atoms with Gasteiger partial charge < -0.3 is 5.11 Å². The van der Waals surface area contributed by atoms with E-state index in [9.17, 15) is 9.36 Å². The van der Waals surface area contributed by atoms with Crippen LogP contribution in [0.2, 0.25) is 0 Å². The number of carboxylic acid groups (broad SMARTS) is 1. The molecule has 0 amide bonds. The van der Waals surface area contributed by atoms with E-state index >= 15 is 0 Å². The molecule has 0 bridgehead atoms. The quantitative estimate of drug-likeness (QED) is 0.752. The molecule has 1 rings (SSSR count). The average molecular weight is 199 g/mol. The molecule has 4 nitrogen and oxygen atoms in total. The summed E-state index contributed by atoms with van der Waals surface area (Å²) in [5, 5.41) is 8.30. The lowest BCUT2D eigenvalue weighted by Gasteiger charge is -1.89. The lowest BCUT2D eigenvalue weighted by Crippen LogP contribution is -1.99. The normalized spacial score (nSPS) is 10.6. The van der Waals surface area contributed by atoms with E-state index in [1.165, 1.54) is 0 Å². The molecular formula is C8H8O4P+. The Hall–Kier alpha value is -1.41. The van der Waals surface area contributed by atoms with Gasteiger partial charge in [-0.15, -0.1) is 0 Å². The maximum absolute atomic E-state index is 11.0. The van der Waals surface area contributed by atoms with Crippen molar-refractivity contribution in [3.8, 4) is 5.75 Å². The first kappa shape index (κ1) is 9.68. The lowest BCUT2D eigenvalue weighted by molar-refractivity contribution is -0.134. The van der Waals surface area contributed by atoms with Crippen molar-refractivity contribution in [2.75, 3.05) is 6.16 Å². The van der Waals surface area contributed by atoms with Gasteiger partial charge in [0.2, 0.25) is 0 Å². The van der Waals surface area contributed by atoms with Gasteiger partial charge in [0, 0.05) is 0 Å². The molecule has 0 saturated carbocycles. The van der Waals surface area contributed by atoms with Crippen molar-refractivity contribution in [3.63, 3.8) is 0 Å². The molecule has 0 fully saturated rings. The van der Waals surface area contributed by atoms with Crippen LogP contribution in [0.15, 0.2) is 30.3 Å². The Labute approximate surface area is 76.0 Å². The first-order valence-electron chi connectivity index (χ1n) is 3.58. The summed E-state index contributed by atoms with van der Waals surface area (Å²) in [4.78, 5) is 10.1. The van der Waals surface area contributed by atoms with Gasteiger partial charge in [0.15, 0.2) is 5.75 Å². The Morgan fingerprint density at radius 1 is 1.38 bits per heavy atom. The van der Waals surface area contributed by atoms with E-state index in [1.807, 2.05) is 0 Å². The van der Waals surface area contributed by atoms with Gasteiger partial charge >= 0.3 is 14.0 Å². The lowest BCUT2D eigenvalue weighted by atomic mass is 10.3. The second kappa shape index (κ2) is 4.58. The van der Waals surface area contributed by atoms with Gasteiger partial charge in [0.1, 0.15) is 0 Å². The predicted octanol–water partition coefficient (Wildman–Crippen LogP) is 1.89. The monoisotopic (exact) mass is 199 g/mol. The maximum Gasteiger partial charge on any atom is 0.568 e. The zero-order valence-corrected chi connectivity index (χ0v) is 7.61. The Bertz CT molecular complexity index is 309. The number of carboxylic acids is 1. The second-order valence-electron chi connectivity index (χ2n) is 2.29. The highest BCUT2D eigenvalue weighted by molar-refractivity contribution is 7.40. The summed E-state index contributed by atoms with van der Waals surface area (Å²) in [6, 6.07) is 8.47. The summed E-state index contributed by atoms with van der Waals surface area (Å²) in [5.74, 6) is -0.707. The van der Waals surface area contributed by atoms with Crippen molar-refractivity contribution < 1.29 is 19.0 Å². The molecule has 68 valence electrons. The predicted molar refractivity (Wildman–Crippen MR) is 47.2 cm³/mol. The van der Waals surface area contributed by atoms with Crippen LogP contribution in [0.25, 0.3) is 0 Å². The van der Waals surface area contributed by atoms with Gasteiger partial charge in [-0.3, -0.25) is 4.52 Å². The molecule has 1 N–H and O–H groups in total. The van der Waals surface area contributed by atoms with Gasteiger partial charge in [-0.1, -0.05) is 18.2 Å². The molecule has 0 aromatic heterocycles. The minimum Gasteiger partial charge on any atom is -0.478 e. The number of aliphatic carboxylic acids is 1. The molecule has 0 saturated heterocycles. The molecule has 0 spiro atoms. The van der Waals surface area contributed by atoms with Crippen LogP contribution in [-0.2, 0) is 9.36 Å². The molecule has 1 unspecified atom stereocenters. The minimum absolute atomic E-state index is 0.421. The van der Waals surface area contributed by atoms with E-state index in [4.69, 9.17) is 9.63 Å². The zero-order valence-electron chi connectivity index (χ0n) is 6.71. The van der Waals surface area contributed by atoms with Crippen LogP contribution in [0.5, 0.6) is 5.75 Å². The molecule has 5 heteroatoms. The van der Waals surface area contributed by atoms with Crippen molar-refractivity contribution in [1.29, 1.82) is 0 Å². The molecule has 0 aliphatic carbocycles. The third-order valence-corrected chi connectivity index (χ3v) is 2.16. The van der Waals surface area contributed by atoms with Crippen LogP contribution in [0.4, 0.5) is 0 Å². The van der Waals surface area contributed by atoms with Crippen molar-refractivity contribution in [2.45, 2.75) is 0 Å². The fraction of sp³-hybridized carbons (Fsp3) is 0.125. The Kier molecular flexibility index (Phi) is 3.41. The van der Waals surface area contributed by atoms with Crippen molar-refractivity contribution in [1.82, 2.24) is 0 Å². The Morgan fingerprint density at radius 2 is 2.00 bits per heavy atom. The molecule has 1 aromatic rings. The van der Waals surface area contributed by atoms with Gasteiger partial charge in [-0.2, -0.15) is 0 Å². The summed E-state index contributed by atoms with van der Waals surface area (Å²) < 4.78 is 15.8. The summed E-state index contributed by atoms with van der Waals surface area (Å²) in [7, 11) is -2.15. The van der Waals surface area contributed by atoms with E-state index in [0.29, 0.717) is 5.75 Å². The standard InChI is InChI=1S/C8H7O4P/c9-8(10)6-13(11)12-7-4-2-1-3-5-7/h1-5H,6H2/p+1. The van der Waals surface area contributed by atoms with Crippen molar-refractivity contribution >= 4 is 14.0 Å². The van der Waals surface area contributed by atoms with Gasteiger partial charge in [0.05, 0.1) is 0 Å². The smallest absolute Gasteiger partial charge is 0.478 e. The minimum atomic E-state index is -2.15. The molecule has 0 radical (unpaired) electrons. The van der Waals surface area contributed by atoms with E-state index in [-0.39, 0.29) is 0 Å². The van der Waals surface area contributed by atoms with E-state index in [2.05, 4.69) is 0 Å². The number of rotatable bonds is 4. The van der Waals surface area contributed by atoms with Crippen LogP contribution < -0.4 is 4.52 Å². The largest absolute Gasteiger partial charge is 0.568 e. The Morgan fingerprint density at radius 3 is 2.54 bits per heavy atom. The maximum atomic E-state index is 11.0. The first-order chi connectivity index (χ1) is 6.18. The van der Waals surface area contributed by atoms with Crippen LogP contribution in [0.1, 0.15) is 0 Å². The summed E-state index contributed by atoms with van der Waals surface area (Å²) in [5.41, 5.74) is 0. The fourth-order valence-electron chi connectivity index (χ4n) is 0.742. The highest BCUT2D eigenvalue weighted by atomic mass is 31.1. The third kappa shape index (κ3) is 3.67. The molecule has 0 heterocycles. The second-order valence-corrected chi connectivity index (χ2v) is 3.45. The molecule has 13 heavy (non-hydrogen) atoms. The number of hydrogen-bond donors (Lipinski definition) is 1. The summed E-state index contributed by atoms with van der Waals surface area (Å²) in [6.07, 6.45) is -0.468. The summed E-state index contributed by atoms with van der Waals surface area (Å²) >= 11 is 0. The molecule has 0 aliphatic heterocycles. The van der Waals surface area contributed by atoms with Crippen LogP contribution in [0.3, 0.4) is 0 Å².